The van der Waals surface area contributed by atoms with E-state index in [9.17, 15) is 23.1 Å². The van der Waals surface area contributed by atoms with Gasteiger partial charge in [-0.25, -0.2) is 13.6 Å². The van der Waals surface area contributed by atoms with Gasteiger partial charge < -0.3 is 9.84 Å². The minimum atomic E-state index is -3.94. The third kappa shape index (κ3) is 4.43. The lowest BCUT2D eigenvalue weighted by molar-refractivity contribution is -0.132. The molecule has 8 nitrogen and oxygen atoms in total. The maximum absolute atomic E-state index is 13.3. The second kappa shape index (κ2) is 9.01. The number of carbonyl (C=O) groups is 2. The van der Waals surface area contributed by atoms with Gasteiger partial charge in [-0.3, -0.25) is 14.5 Å². The van der Waals surface area contributed by atoms with Crippen molar-refractivity contribution < 1.29 is 27.9 Å². The fourth-order valence-electron chi connectivity index (χ4n) is 4.13. The number of Topliss-reactive ketones (excluding diaryl/α,β-unsaturated/α-hetero) is 1. The molecule has 1 heterocycles. The number of amides is 1. The lowest BCUT2D eigenvalue weighted by Gasteiger charge is -2.26. The number of hydrogen-bond donors (Lipinski definition) is 2. The van der Waals surface area contributed by atoms with Crippen molar-refractivity contribution in [1.82, 2.24) is 0 Å². The zero-order valence-electron chi connectivity index (χ0n) is 19.3. The van der Waals surface area contributed by atoms with Crippen molar-refractivity contribution in [2.24, 2.45) is 5.14 Å². The molecule has 1 atom stereocenters. The number of primary sulfonamides is 1. The molecule has 1 amide bonds. The topological polar surface area (TPSA) is 127 Å². The standard InChI is InChI=1S/C26H24N2O6S/c1-15-4-5-16(2)21(14-15)24(29)22-23(17-6-10-19(34-3)11-7-17)28(26(31)25(22)30)18-8-12-20(13-9-18)35(27,32)33/h4-14,23,29H,1-3H3,(H2,27,32,33)/b24-22+. The first kappa shape index (κ1) is 24.2. The van der Waals surface area contributed by atoms with E-state index in [1.165, 1.54) is 36.3 Å². The number of sulfonamides is 1. The Labute approximate surface area is 203 Å². The lowest BCUT2D eigenvalue weighted by atomic mass is 9.93. The van der Waals surface area contributed by atoms with Gasteiger partial charge in [-0.2, -0.15) is 0 Å². The van der Waals surface area contributed by atoms with Crippen LogP contribution in [0.1, 0.15) is 28.3 Å². The number of hydrogen-bond acceptors (Lipinski definition) is 6. The summed E-state index contributed by atoms with van der Waals surface area (Å²) in [7, 11) is -2.42. The van der Waals surface area contributed by atoms with Crippen molar-refractivity contribution in [3.63, 3.8) is 0 Å². The van der Waals surface area contributed by atoms with Gasteiger partial charge in [-0.1, -0.05) is 29.8 Å². The molecule has 4 rings (SSSR count). The van der Waals surface area contributed by atoms with Gasteiger partial charge in [0.05, 0.1) is 23.6 Å². The zero-order valence-corrected chi connectivity index (χ0v) is 20.2. The molecule has 1 unspecified atom stereocenters. The number of nitrogens with zero attached hydrogens (tertiary/aromatic N) is 1. The molecule has 0 radical (unpaired) electrons. The molecule has 0 spiro atoms. The first-order valence-electron chi connectivity index (χ1n) is 10.7. The summed E-state index contributed by atoms with van der Waals surface area (Å²) in [5.41, 5.74) is 2.85. The summed E-state index contributed by atoms with van der Waals surface area (Å²) >= 11 is 0. The highest BCUT2D eigenvalue weighted by atomic mass is 32.2. The van der Waals surface area contributed by atoms with Crippen molar-refractivity contribution in [1.29, 1.82) is 0 Å². The Morgan fingerprint density at radius 3 is 2.17 bits per heavy atom. The van der Waals surface area contributed by atoms with E-state index in [4.69, 9.17) is 9.88 Å². The number of ketones is 1. The Morgan fingerprint density at radius 1 is 0.971 bits per heavy atom. The number of nitrogens with two attached hydrogens (primary N) is 1. The summed E-state index contributed by atoms with van der Waals surface area (Å²) in [5, 5.41) is 16.5. The molecule has 1 saturated heterocycles. The number of aliphatic hydroxyl groups is 1. The average Bonchev–Trinajstić information content (AvgIpc) is 3.10. The van der Waals surface area contributed by atoms with Gasteiger partial charge in [-0.05, 0) is 67.4 Å². The largest absolute Gasteiger partial charge is 0.507 e. The monoisotopic (exact) mass is 492 g/mol. The Balaban J connectivity index is 1.94. The summed E-state index contributed by atoms with van der Waals surface area (Å²) in [4.78, 5) is 27.7. The van der Waals surface area contributed by atoms with Gasteiger partial charge >= 0.3 is 0 Å². The summed E-state index contributed by atoms with van der Waals surface area (Å²) < 4.78 is 28.6. The Bertz CT molecular complexity index is 1460. The molecule has 1 aliphatic rings. The van der Waals surface area contributed by atoms with Crippen LogP contribution in [-0.2, 0) is 19.6 Å². The third-order valence-electron chi connectivity index (χ3n) is 5.97. The SMILES string of the molecule is COc1ccc(C2/C(=C(\O)c3cc(C)ccc3C)C(=O)C(=O)N2c2ccc(S(N)(=O)=O)cc2)cc1. The van der Waals surface area contributed by atoms with Crippen LogP contribution in [0.5, 0.6) is 5.75 Å². The number of aryl methyl sites for hydroxylation is 2. The van der Waals surface area contributed by atoms with Crippen LogP contribution in [0.15, 0.2) is 77.2 Å². The molecule has 9 heteroatoms. The van der Waals surface area contributed by atoms with Crippen molar-refractivity contribution in [3.8, 4) is 5.75 Å². The maximum Gasteiger partial charge on any atom is 0.300 e. The number of benzene rings is 3. The predicted molar refractivity (Wildman–Crippen MR) is 132 cm³/mol. The van der Waals surface area contributed by atoms with Crippen molar-refractivity contribution >= 4 is 33.2 Å². The fourth-order valence-corrected chi connectivity index (χ4v) is 4.65. The fraction of sp³-hybridized carbons (Fsp3) is 0.154. The third-order valence-corrected chi connectivity index (χ3v) is 6.90. The van der Waals surface area contributed by atoms with E-state index in [2.05, 4.69) is 0 Å². The lowest BCUT2D eigenvalue weighted by Crippen LogP contribution is -2.29. The predicted octanol–water partition coefficient (Wildman–Crippen LogP) is 3.59. The molecule has 3 aromatic carbocycles. The molecule has 0 aromatic heterocycles. The Morgan fingerprint density at radius 2 is 1.60 bits per heavy atom. The number of anilines is 1. The summed E-state index contributed by atoms with van der Waals surface area (Å²) in [6.45, 7) is 3.67. The van der Waals surface area contributed by atoms with Gasteiger partial charge in [0.1, 0.15) is 11.5 Å². The van der Waals surface area contributed by atoms with E-state index >= 15 is 0 Å². The molecule has 0 aliphatic carbocycles. The Kier molecular flexibility index (Phi) is 6.23. The van der Waals surface area contributed by atoms with E-state index in [-0.39, 0.29) is 21.9 Å². The van der Waals surface area contributed by atoms with E-state index in [1.807, 2.05) is 19.1 Å². The Hall–Kier alpha value is -3.95. The highest BCUT2D eigenvalue weighted by molar-refractivity contribution is 7.89. The average molecular weight is 493 g/mol. The van der Waals surface area contributed by atoms with Crippen LogP contribution in [0.4, 0.5) is 5.69 Å². The van der Waals surface area contributed by atoms with Crippen molar-refractivity contribution in [2.45, 2.75) is 24.8 Å². The first-order valence-corrected chi connectivity index (χ1v) is 12.2. The quantitative estimate of drug-likeness (QED) is 0.318. The minimum Gasteiger partial charge on any atom is -0.507 e. The van der Waals surface area contributed by atoms with Crippen LogP contribution < -0.4 is 14.8 Å². The van der Waals surface area contributed by atoms with Gasteiger partial charge in [0.2, 0.25) is 10.0 Å². The molecule has 0 saturated carbocycles. The summed E-state index contributed by atoms with van der Waals surface area (Å²) in [5.74, 6) is -1.40. The summed E-state index contributed by atoms with van der Waals surface area (Å²) in [6, 6.07) is 16.6. The number of aliphatic hydroxyl groups excluding tert-OH is 1. The van der Waals surface area contributed by atoms with Gasteiger partial charge in [0.15, 0.2) is 0 Å². The number of carbonyl (C=O) groups excluding carboxylic acids is 2. The second-order valence-corrected chi connectivity index (χ2v) is 9.86. The number of rotatable bonds is 5. The van der Waals surface area contributed by atoms with Crippen LogP contribution in [0, 0.1) is 13.8 Å². The normalized spacial score (nSPS) is 17.6. The van der Waals surface area contributed by atoms with Crippen LogP contribution >= 0.6 is 0 Å². The second-order valence-electron chi connectivity index (χ2n) is 8.30. The molecule has 0 bridgehead atoms. The van der Waals surface area contributed by atoms with E-state index in [0.29, 0.717) is 16.9 Å². The molecule has 1 fully saturated rings. The smallest absolute Gasteiger partial charge is 0.300 e. The molecule has 180 valence electrons. The number of methoxy groups -OCH3 is 1. The first-order chi connectivity index (χ1) is 16.5. The van der Waals surface area contributed by atoms with Crippen molar-refractivity contribution in [3.05, 3.63) is 94.6 Å². The molecule has 3 aromatic rings. The van der Waals surface area contributed by atoms with Gasteiger partial charge in [0.25, 0.3) is 11.7 Å². The van der Waals surface area contributed by atoms with Crippen LogP contribution in [0.3, 0.4) is 0 Å². The number of ether oxygens (including phenoxy) is 1. The molecule has 1 aliphatic heterocycles. The highest BCUT2D eigenvalue weighted by Crippen LogP contribution is 2.43. The van der Waals surface area contributed by atoms with Crippen LogP contribution in [-0.4, -0.2) is 32.3 Å². The van der Waals surface area contributed by atoms with Crippen molar-refractivity contribution in [2.75, 3.05) is 12.0 Å². The van der Waals surface area contributed by atoms with E-state index in [1.54, 1.807) is 37.3 Å². The van der Waals surface area contributed by atoms with Gasteiger partial charge in [0, 0.05) is 11.3 Å². The highest BCUT2D eigenvalue weighted by Gasteiger charge is 2.47. The molecule has 3 N–H and O–H groups in total. The van der Waals surface area contributed by atoms with E-state index < -0.39 is 27.8 Å². The molecule has 35 heavy (non-hydrogen) atoms. The van der Waals surface area contributed by atoms with Gasteiger partial charge in [-0.15, -0.1) is 0 Å². The van der Waals surface area contributed by atoms with Crippen LogP contribution in [0.25, 0.3) is 5.76 Å². The molecular weight excluding hydrogens is 468 g/mol. The molecular formula is C26H24N2O6S. The van der Waals surface area contributed by atoms with E-state index in [0.717, 1.165) is 11.1 Å². The summed E-state index contributed by atoms with van der Waals surface area (Å²) in [6.07, 6.45) is 0. The maximum atomic E-state index is 13.3. The zero-order chi connectivity index (χ0) is 25.5. The van der Waals surface area contributed by atoms with Crippen LogP contribution in [0.2, 0.25) is 0 Å². The minimum absolute atomic E-state index is 0.0654.